The molecule has 0 spiro atoms. The van der Waals surface area contributed by atoms with E-state index in [-0.39, 0.29) is 17.7 Å². The van der Waals surface area contributed by atoms with E-state index in [4.69, 9.17) is 14.5 Å². The van der Waals surface area contributed by atoms with Crippen LogP contribution < -0.4 is 10.1 Å². The fourth-order valence-electron chi connectivity index (χ4n) is 5.13. The highest BCUT2D eigenvalue weighted by molar-refractivity contribution is 7.09. The van der Waals surface area contributed by atoms with E-state index in [1.807, 2.05) is 73.0 Å². The van der Waals surface area contributed by atoms with Crippen molar-refractivity contribution in [3.8, 4) is 5.75 Å². The lowest BCUT2D eigenvalue weighted by Crippen LogP contribution is -2.39. The first-order valence-corrected chi connectivity index (χ1v) is 15.8. The van der Waals surface area contributed by atoms with Crippen LogP contribution in [0.15, 0.2) is 77.2 Å². The third-order valence-corrected chi connectivity index (χ3v) is 8.35. The summed E-state index contributed by atoms with van der Waals surface area (Å²) in [4.78, 5) is 42.9. The molecule has 1 heterocycles. The molecule has 3 aromatic rings. The molecular formula is C35H40N2O5S. The fourth-order valence-corrected chi connectivity index (χ4v) is 5.95. The lowest BCUT2D eigenvalue weighted by molar-refractivity contribution is -0.141. The number of Topliss-reactive ketones (excluding diaryl/α,β-unsaturated/α-hetero) is 1. The summed E-state index contributed by atoms with van der Waals surface area (Å²) < 4.78 is 11.0. The minimum absolute atomic E-state index is 0.206. The fraction of sp³-hybridized carbons (Fsp3) is 0.371. The van der Waals surface area contributed by atoms with Crippen molar-refractivity contribution in [2.24, 2.45) is 5.92 Å². The maximum absolute atomic E-state index is 13.1. The van der Waals surface area contributed by atoms with Crippen LogP contribution in [-0.2, 0) is 32.1 Å². The van der Waals surface area contributed by atoms with Crippen LogP contribution in [0, 0.1) is 5.92 Å². The van der Waals surface area contributed by atoms with Crippen LogP contribution in [0.1, 0.15) is 80.7 Å². The van der Waals surface area contributed by atoms with Gasteiger partial charge in [0.05, 0.1) is 18.3 Å². The van der Waals surface area contributed by atoms with Gasteiger partial charge >= 0.3 is 5.97 Å². The number of hydrogen-bond acceptors (Lipinski definition) is 7. The number of carbonyl (C=O) groups is 3. The van der Waals surface area contributed by atoms with Gasteiger partial charge < -0.3 is 14.8 Å². The Labute approximate surface area is 258 Å². The summed E-state index contributed by atoms with van der Waals surface area (Å²) in [5.74, 6) is -0.681. The molecule has 2 aromatic carbocycles. The van der Waals surface area contributed by atoms with E-state index < -0.39 is 11.9 Å². The largest absolute Gasteiger partial charge is 0.489 e. The number of ether oxygens (including phenoxy) is 2. The normalized spacial score (nSPS) is 15.0. The van der Waals surface area contributed by atoms with Gasteiger partial charge in [0.25, 0.3) is 5.91 Å². The molecule has 1 aliphatic rings. The topological polar surface area (TPSA) is 94.6 Å². The Morgan fingerprint density at radius 1 is 1.00 bits per heavy atom. The minimum atomic E-state index is -0.545. The van der Waals surface area contributed by atoms with Crippen LogP contribution in [0.25, 0.3) is 6.08 Å². The summed E-state index contributed by atoms with van der Waals surface area (Å²) in [6.07, 6.45) is 8.74. The summed E-state index contributed by atoms with van der Waals surface area (Å²) in [6.45, 7) is 6.18. The second kappa shape index (κ2) is 16.0. The first-order chi connectivity index (χ1) is 20.8. The van der Waals surface area contributed by atoms with Crippen molar-refractivity contribution in [3.63, 3.8) is 0 Å². The summed E-state index contributed by atoms with van der Waals surface area (Å²) in [7, 11) is 0. The third kappa shape index (κ3) is 9.75. The molecular weight excluding hydrogens is 560 g/mol. The Morgan fingerprint density at radius 2 is 1.72 bits per heavy atom. The van der Waals surface area contributed by atoms with E-state index in [0.717, 1.165) is 54.6 Å². The van der Waals surface area contributed by atoms with Gasteiger partial charge in [0.15, 0.2) is 0 Å². The van der Waals surface area contributed by atoms with Crippen molar-refractivity contribution in [2.75, 3.05) is 6.61 Å². The van der Waals surface area contributed by atoms with Gasteiger partial charge in [-0.25, -0.2) is 9.78 Å². The molecule has 0 unspecified atom stereocenters. The van der Waals surface area contributed by atoms with E-state index >= 15 is 0 Å². The van der Waals surface area contributed by atoms with Crippen molar-refractivity contribution in [1.82, 2.24) is 10.3 Å². The molecule has 1 N–H and O–H groups in total. The predicted octanol–water partition coefficient (Wildman–Crippen LogP) is 7.18. The number of esters is 1. The van der Waals surface area contributed by atoms with Crippen molar-refractivity contribution < 1.29 is 23.9 Å². The number of nitrogens with one attached hydrogen (secondary N) is 1. The molecule has 226 valence electrons. The van der Waals surface area contributed by atoms with Crippen molar-refractivity contribution in [2.45, 2.75) is 71.9 Å². The van der Waals surface area contributed by atoms with E-state index in [0.29, 0.717) is 35.9 Å². The zero-order valence-corrected chi connectivity index (χ0v) is 26.0. The van der Waals surface area contributed by atoms with Crippen molar-refractivity contribution in [1.29, 1.82) is 0 Å². The second-order valence-corrected chi connectivity index (χ2v) is 11.8. The lowest BCUT2D eigenvalue weighted by Gasteiger charge is -2.22. The maximum atomic E-state index is 13.1. The number of thiazole rings is 1. The standard InChI is InChI=1S/C35H40N2O5S/c1-4-41-35(40)25(3)19-24(2)20-29-23-43-34(36-29)31(37-33(39)32(38)28-13-9-6-10-14-28)21-26-15-17-30(18-16-26)42-22-27-11-7-5-8-12-27/h5,7-8,11-12,15-20,23,28,31H,4,6,9-10,13-14,21-22H2,1-3H3,(H,37,39)/b24-20+,25-19-/t31-/m0/s1. The SMILES string of the molecule is CCOC(=O)/C(C)=C\C(C)=C\c1csc([C@H](Cc2ccc(OCc3ccccc3)cc2)NC(=O)C(=O)C2CCCCC2)n1. The van der Waals surface area contributed by atoms with Gasteiger partial charge in [-0.1, -0.05) is 61.7 Å². The van der Waals surface area contributed by atoms with Crippen LogP contribution >= 0.6 is 11.3 Å². The zero-order valence-electron chi connectivity index (χ0n) is 25.1. The Kier molecular flexibility index (Phi) is 11.9. The van der Waals surface area contributed by atoms with Gasteiger partial charge in [-0.15, -0.1) is 11.3 Å². The van der Waals surface area contributed by atoms with Crippen LogP contribution in [0.4, 0.5) is 0 Å². The third-order valence-electron chi connectivity index (χ3n) is 7.37. The molecule has 1 aromatic heterocycles. The van der Waals surface area contributed by atoms with Gasteiger partial charge in [0.1, 0.15) is 17.4 Å². The Bertz CT molecular complexity index is 1440. The van der Waals surface area contributed by atoms with Gasteiger partial charge in [-0.3, -0.25) is 9.59 Å². The number of aromatic nitrogens is 1. The maximum Gasteiger partial charge on any atom is 0.333 e. The van der Waals surface area contributed by atoms with Gasteiger partial charge in [-0.05, 0) is 81.0 Å². The molecule has 8 heteroatoms. The Hall–Kier alpha value is -4.04. The molecule has 43 heavy (non-hydrogen) atoms. The minimum Gasteiger partial charge on any atom is -0.489 e. The molecule has 0 saturated heterocycles. The summed E-state index contributed by atoms with van der Waals surface area (Å²) in [5, 5.41) is 5.62. The number of benzene rings is 2. The average molecular weight is 601 g/mol. The van der Waals surface area contributed by atoms with E-state index in [9.17, 15) is 14.4 Å². The number of hydrogen-bond donors (Lipinski definition) is 1. The number of ketones is 1. The second-order valence-electron chi connectivity index (χ2n) is 10.9. The molecule has 7 nitrogen and oxygen atoms in total. The summed E-state index contributed by atoms with van der Waals surface area (Å²) in [6, 6.07) is 17.3. The van der Waals surface area contributed by atoms with Gasteiger partial charge in [0, 0.05) is 16.9 Å². The van der Waals surface area contributed by atoms with Gasteiger partial charge in [0.2, 0.25) is 5.78 Å². The summed E-state index contributed by atoms with van der Waals surface area (Å²) >= 11 is 1.43. The smallest absolute Gasteiger partial charge is 0.333 e. The van der Waals surface area contributed by atoms with Crippen LogP contribution in [-0.4, -0.2) is 29.3 Å². The Morgan fingerprint density at radius 3 is 2.42 bits per heavy atom. The Balaban J connectivity index is 1.49. The zero-order chi connectivity index (χ0) is 30.6. The molecule has 1 fully saturated rings. The molecule has 4 rings (SSSR count). The van der Waals surface area contributed by atoms with Gasteiger partial charge in [-0.2, -0.15) is 0 Å². The average Bonchev–Trinajstić information content (AvgIpc) is 3.49. The number of amides is 1. The van der Waals surface area contributed by atoms with Crippen molar-refractivity contribution >= 4 is 35.1 Å². The number of rotatable bonds is 13. The summed E-state index contributed by atoms with van der Waals surface area (Å²) in [5.41, 5.74) is 4.15. The van der Waals surface area contributed by atoms with Crippen LogP contribution in [0.2, 0.25) is 0 Å². The first kappa shape index (κ1) is 31.9. The highest BCUT2D eigenvalue weighted by atomic mass is 32.1. The predicted molar refractivity (Wildman–Crippen MR) is 170 cm³/mol. The molecule has 1 atom stereocenters. The lowest BCUT2D eigenvalue weighted by atomic mass is 9.86. The van der Waals surface area contributed by atoms with Crippen LogP contribution in [0.5, 0.6) is 5.75 Å². The molecule has 0 bridgehead atoms. The molecule has 0 radical (unpaired) electrons. The van der Waals surface area contributed by atoms with Crippen LogP contribution in [0.3, 0.4) is 0 Å². The highest BCUT2D eigenvalue weighted by Crippen LogP contribution is 2.27. The van der Waals surface area contributed by atoms with Crippen molar-refractivity contribution in [3.05, 3.63) is 99.0 Å². The van der Waals surface area contributed by atoms with E-state index in [1.165, 1.54) is 11.3 Å². The van der Waals surface area contributed by atoms with E-state index in [2.05, 4.69) is 5.32 Å². The number of allylic oxidation sites excluding steroid dienone is 2. The number of nitrogens with zero attached hydrogens (tertiary/aromatic N) is 1. The molecule has 1 saturated carbocycles. The van der Waals surface area contributed by atoms with E-state index in [1.54, 1.807) is 19.9 Å². The number of carbonyl (C=O) groups excluding carboxylic acids is 3. The highest BCUT2D eigenvalue weighted by Gasteiger charge is 2.29. The first-order valence-electron chi connectivity index (χ1n) is 14.9. The quantitative estimate of drug-likeness (QED) is 0.0966. The molecule has 1 amide bonds. The monoisotopic (exact) mass is 600 g/mol. The molecule has 1 aliphatic carbocycles. The molecule has 0 aliphatic heterocycles.